The number of rotatable bonds is 4. The SMILES string of the molecule is Cc1nn(CC(O)CN)c(C)c1[N+](=O)[O-]. The smallest absolute Gasteiger partial charge is 0.312 e. The highest BCUT2D eigenvalue weighted by Gasteiger charge is 2.22. The second-order valence-electron chi connectivity index (χ2n) is 3.35. The van der Waals surface area contributed by atoms with Gasteiger partial charge in [-0.15, -0.1) is 0 Å². The van der Waals surface area contributed by atoms with Crippen LogP contribution in [0.15, 0.2) is 0 Å². The molecule has 0 aliphatic carbocycles. The van der Waals surface area contributed by atoms with Crippen molar-refractivity contribution in [3.63, 3.8) is 0 Å². The van der Waals surface area contributed by atoms with Crippen molar-refractivity contribution in [2.45, 2.75) is 26.5 Å². The Labute approximate surface area is 86.7 Å². The minimum Gasteiger partial charge on any atom is -0.390 e. The molecule has 1 aromatic heterocycles. The maximum absolute atomic E-state index is 10.7. The third-order valence-electron chi connectivity index (χ3n) is 2.18. The van der Waals surface area contributed by atoms with Crippen LogP contribution < -0.4 is 5.73 Å². The molecule has 0 aromatic carbocycles. The van der Waals surface area contributed by atoms with Gasteiger partial charge in [0.05, 0.1) is 17.6 Å². The number of aromatic nitrogens is 2. The molecule has 0 saturated carbocycles. The molecule has 0 fully saturated rings. The zero-order valence-corrected chi connectivity index (χ0v) is 8.67. The summed E-state index contributed by atoms with van der Waals surface area (Å²) in [6.07, 6.45) is -0.734. The highest BCUT2D eigenvalue weighted by atomic mass is 16.6. The summed E-state index contributed by atoms with van der Waals surface area (Å²) >= 11 is 0. The molecular weight excluding hydrogens is 200 g/mol. The van der Waals surface area contributed by atoms with E-state index in [1.54, 1.807) is 13.8 Å². The van der Waals surface area contributed by atoms with E-state index < -0.39 is 11.0 Å². The van der Waals surface area contributed by atoms with E-state index in [2.05, 4.69) is 5.10 Å². The zero-order valence-electron chi connectivity index (χ0n) is 8.67. The lowest BCUT2D eigenvalue weighted by atomic mass is 10.3. The van der Waals surface area contributed by atoms with E-state index in [0.717, 1.165) is 0 Å². The third-order valence-corrected chi connectivity index (χ3v) is 2.18. The van der Waals surface area contributed by atoms with Crippen molar-refractivity contribution < 1.29 is 10.0 Å². The van der Waals surface area contributed by atoms with Crippen molar-refractivity contribution in [1.29, 1.82) is 0 Å². The van der Waals surface area contributed by atoms with Crippen LogP contribution in [0.5, 0.6) is 0 Å². The number of nitrogens with zero attached hydrogens (tertiary/aromatic N) is 3. The Kier molecular flexibility index (Phi) is 3.38. The average Bonchev–Trinajstić information content (AvgIpc) is 2.41. The number of aliphatic hydroxyl groups is 1. The molecule has 0 bridgehead atoms. The number of hydrogen-bond acceptors (Lipinski definition) is 5. The van der Waals surface area contributed by atoms with Gasteiger partial charge in [-0.1, -0.05) is 0 Å². The molecule has 0 spiro atoms. The van der Waals surface area contributed by atoms with Crippen LogP contribution >= 0.6 is 0 Å². The molecule has 84 valence electrons. The molecule has 1 unspecified atom stereocenters. The van der Waals surface area contributed by atoms with Crippen molar-refractivity contribution in [2.24, 2.45) is 5.73 Å². The summed E-state index contributed by atoms with van der Waals surface area (Å²) in [5.74, 6) is 0. The van der Waals surface area contributed by atoms with Gasteiger partial charge in [0.25, 0.3) is 0 Å². The first-order valence-electron chi connectivity index (χ1n) is 4.54. The molecule has 3 N–H and O–H groups in total. The van der Waals surface area contributed by atoms with E-state index in [9.17, 15) is 15.2 Å². The largest absolute Gasteiger partial charge is 0.390 e. The van der Waals surface area contributed by atoms with E-state index >= 15 is 0 Å². The maximum atomic E-state index is 10.7. The van der Waals surface area contributed by atoms with Gasteiger partial charge >= 0.3 is 5.69 Å². The molecule has 0 radical (unpaired) electrons. The summed E-state index contributed by atoms with van der Waals surface area (Å²) in [7, 11) is 0. The van der Waals surface area contributed by atoms with E-state index in [0.29, 0.717) is 11.4 Å². The molecule has 0 aliphatic heterocycles. The van der Waals surface area contributed by atoms with Gasteiger partial charge in [0.2, 0.25) is 0 Å². The van der Waals surface area contributed by atoms with Crippen LogP contribution in [0.4, 0.5) is 5.69 Å². The van der Waals surface area contributed by atoms with E-state index in [4.69, 9.17) is 5.73 Å². The van der Waals surface area contributed by atoms with Gasteiger partial charge < -0.3 is 10.8 Å². The van der Waals surface area contributed by atoms with Crippen LogP contribution in [-0.2, 0) is 6.54 Å². The van der Waals surface area contributed by atoms with Gasteiger partial charge in [0, 0.05) is 6.54 Å². The summed E-state index contributed by atoms with van der Waals surface area (Å²) < 4.78 is 1.41. The topological polar surface area (TPSA) is 107 Å². The van der Waals surface area contributed by atoms with Crippen molar-refractivity contribution in [3.05, 3.63) is 21.5 Å². The first kappa shape index (κ1) is 11.6. The first-order chi connectivity index (χ1) is 6.97. The monoisotopic (exact) mass is 214 g/mol. The van der Waals surface area contributed by atoms with Crippen LogP contribution in [-0.4, -0.2) is 32.5 Å². The molecule has 7 heteroatoms. The van der Waals surface area contributed by atoms with Crippen LogP contribution in [0, 0.1) is 24.0 Å². The Morgan fingerprint density at radius 1 is 1.67 bits per heavy atom. The summed E-state index contributed by atoms with van der Waals surface area (Å²) in [5.41, 5.74) is 6.03. The number of nitrogens with two attached hydrogens (primary N) is 1. The first-order valence-corrected chi connectivity index (χ1v) is 4.54. The fraction of sp³-hybridized carbons (Fsp3) is 0.625. The molecule has 1 rings (SSSR count). The summed E-state index contributed by atoms with van der Waals surface area (Å²) in [5, 5.41) is 24.0. The molecule has 0 amide bonds. The fourth-order valence-corrected chi connectivity index (χ4v) is 1.40. The lowest BCUT2D eigenvalue weighted by Crippen LogP contribution is -2.26. The Morgan fingerprint density at radius 2 is 2.27 bits per heavy atom. The number of aryl methyl sites for hydroxylation is 1. The highest BCUT2D eigenvalue weighted by Crippen LogP contribution is 2.21. The quantitative estimate of drug-likeness (QED) is 0.529. The average molecular weight is 214 g/mol. The summed E-state index contributed by atoms with van der Waals surface area (Å²) in [6.45, 7) is 3.45. The molecule has 1 atom stereocenters. The summed E-state index contributed by atoms with van der Waals surface area (Å²) in [6, 6.07) is 0. The molecule has 1 heterocycles. The molecular formula is C8H14N4O3. The minimum atomic E-state index is -0.734. The Morgan fingerprint density at radius 3 is 2.67 bits per heavy atom. The van der Waals surface area contributed by atoms with Crippen molar-refractivity contribution >= 4 is 5.69 Å². The predicted molar refractivity (Wildman–Crippen MR) is 53.4 cm³/mol. The van der Waals surface area contributed by atoms with Crippen LogP contribution in [0.3, 0.4) is 0 Å². The number of hydrogen-bond donors (Lipinski definition) is 2. The zero-order chi connectivity index (χ0) is 11.6. The Bertz CT molecular complexity index is 374. The molecule has 0 saturated heterocycles. The summed E-state index contributed by atoms with van der Waals surface area (Å²) in [4.78, 5) is 10.2. The van der Waals surface area contributed by atoms with Gasteiger partial charge in [-0.2, -0.15) is 5.10 Å². The Balaban J connectivity index is 3.01. The van der Waals surface area contributed by atoms with Gasteiger partial charge in [-0.3, -0.25) is 14.8 Å². The van der Waals surface area contributed by atoms with E-state index in [1.807, 2.05) is 0 Å². The van der Waals surface area contributed by atoms with Gasteiger partial charge in [-0.25, -0.2) is 0 Å². The number of nitro groups is 1. The van der Waals surface area contributed by atoms with Crippen molar-refractivity contribution in [3.8, 4) is 0 Å². The van der Waals surface area contributed by atoms with Crippen LogP contribution in [0.1, 0.15) is 11.4 Å². The van der Waals surface area contributed by atoms with Crippen molar-refractivity contribution in [2.75, 3.05) is 6.54 Å². The highest BCUT2D eigenvalue weighted by molar-refractivity contribution is 5.39. The normalized spacial score (nSPS) is 12.8. The molecule has 7 nitrogen and oxygen atoms in total. The maximum Gasteiger partial charge on any atom is 0.312 e. The van der Waals surface area contributed by atoms with Gasteiger partial charge in [0.15, 0.2) is 0 Å². The third kappa shape index (κ3) is 2.31. The van der Waals surface area contributed by atoms with Crippen molar-refractivity contribution in [1.82, 2.24) is 9.78 Å². The van der Waals surface area contributed by atoms with Gasteiger partial charge in [0.1, 0.15) is 11.4 Å². The van der Waals surface area contributed by atoms with Crippen LogP contribution in [0.2, 0.25) is 0 Å². The molecule has 1 aromatic rings. The standard InChI is InChI=1S/C8H14N4O3/c1-5-8(12(14)15)6(2)11(10-5)4-7(13)3-9/h7,13H,3-4,9H2,1-2H3. The van der Waals surface area contributed by atoms with Gasteiger partial charge in [-0.05, 0) is 13.8 Å². The second kappa shape index (κ2) is 4.37. The lowest BCUT2D eigenvalue weighted by Gasteiger charge is -2.08. The predicted octanol–water partition coefficient (Wildman–Crippen LogP) is -0.272. The van der Waals surface area contributed by atoms with E-state index in [-0.39, 0.29) is 18.8 Å². The minimum absolute atomic E-state index is 0.000721. The molecule has 0 aliphatic rings. The molecule has 15 heavy (non-hydrogen) atoms. The fourth-order valence-electron chi connectivity index (χ4n) is 1.40. The number of aliphatic hydroxyl groups excluding tert-OH is 1. The lowest BCUT2D eigenvalue weighted by molar-refractivity contribution is -0.386. The Hall–Kier alpha value is -1.47. The second-order valence-corrected chi connectivity index (χ2v) is 3.35. The van der Waals surface area contributed by atoms with Crippen LogP contribution in [0.25, 0.3) is 0 Å². The van der Waals surface area contributed by atoms with E-state index in [1.165, 1.54) is 4.68 Å².